The predicted molar refractivity (Wildman–Crippen MR) is 87.8 cm³/mol. The molecular formula is C17H23NO2S. The Morgan fingerprint density at radius 1 is 1.24 bits per heavy atom. The monoisotopic (exact) mass is 305 g/mol. The summed E-state index contributed by atoms with van der Waals surface area (Å²) < 4.78 is 11.3. The van der Waals surface area contributed by atoms with Crippen LogP contribution in [-0.2, 0) is 11.3 Å². The molecule has 114 valence electrons. The maximum atomic E-state index is 6.24. The average Bonchev–Trinajstić information content (AvgIpc) is 2.93. The van der Waals surface area contributed by atoms with Gasteiger partial charge in [-0.15, -0.1) is 11.3 Å². The van der Waals surface area contributed by atoms with Gasteiger partial charge in [0.05, 0.1) is 13.7 Å². The van der Waals surface area contributed by atoms with Crippen LogP contribution in [0.4, 0.5) is 0 Å². The molecule has 2 unspecified atom stereocenters. The lowest BCUT2D eigenvalue weighted by Gasteiger charge is -2.22. The Bertz CT molecular complexity index is 567. The van der Waals surface area contributed by atoms with Crippen molar-refractivity contribution in [3.63, 3.8) is 0 Å². The molecule has 0 saturated carbocycles. The minimum absolute atomic E-state index is 0.00802. The molecule has 0 fully saturated rings. The summed E-state index contributed by atoms with van der Waals surface area (Å²) in [6.45, 7) is 4.73. The second-order valence-corrected chi connectivity index (χ2v) is 6.42. The topological polar surface area (TPSA) is 44.5 Å². The zero-order chi connectivity index (χ0) is 15.2. The van der Waals surface area contributed by atoms with Crippen LogP contribution in [0.3, 0.4) is 0 Å². The molecule has 0 saturated heterocycles. The van der Waals surface area contributed by atoms with Gasteiger partial charge in [-0.3, -0.25) is 0 Å². The summed E-state index contributed by atoms with van der Waals surface area (Å²) in [6.07, 6.45) is 0.833. The fourth-order valence-corrected chi connectivity index (χ4v) is 3.19. The smallest absolute Gasteiger partial charge is 0.119 e. The summed E-state index contributed by atoms with van der Waals surface area (Å²) in [7, 11) is 1.67. The van der Waals surface area contributed by atoms with E-state index in [1.807, 2.05) is 24.3 Å². The number of thiophene rings is 1. The molecule has 0 amide bonds. The summed E-state index contributed by atoms with van der Waals surface area (Å²) in [4.78, 5) is 2.48. The number of hydrogen-bond acceptors (Lipinski definition) is 4. The third-order valence-electron chi connectivity index (χ3n) is 3.47. The van der Waals surface area contributed by atoms with E-state index in [-0.39, 0.29) is 12.1 Å². The number of hydrogen-bond donors (Lipinski definition) is 1. The van der Waals surface area contributed by atoms with Crippen molar-refractivity contribution in [3.05, 3.63) is 51.7 Å². The van der Waals surface area contributed by atoms with Crippen LogP contribution in [0, 0.1) is 6.92 Å². The normalized spacial score (nSPS) is 13.9. The van der Waals surface area contributed by atoms with Crippen LogP contribution >= 0.6 is 11.3 Å². The van der Waals surface area contributed by atoms with E-state index in [2.05, 4.69) is 26.0 Å². The van der Waals surface area contributed by atoms with Crippen LogP contribution in [0.2, 0.25) is 0 Å². The molecule has 2 aromatic rings. The molecule has 0 bridgehead atoms. The van der Waals surface area contributed by atoms with Crippen LogP contribution < -0.4 is 10.5 Å². The summed E-state index contributed by atoms with van der Waals surface area (Å²) in [5, 5.41) is 0. The van der Waals surface area contributed by atoms with E-state index in [1.165, 1.54) is 9.75 Å². The molecule has 4 heteroatoms. The summed E-state index contributed by atoms with van der Waals surface area (Å²) in [5.74, 6) is 0.847. The van der Waals surface area contributed by atoms with Crippen molar-refractivity contribution >= 4 is 11.3 Å². The molecule has 1 aromatic heterocycles. The quantitative estimate of drug-likeness (QED) is 0.839. The number of aryl methyl sites for hydroxylation is 1. The van der Waals surface area contributed by atoms with Crippen LogP contribution in [0.15, 0.2) is 36.4 Å². The van der Waals surface area contributed by atoms with Crippen molar-refractivity contribution < 1.29 is 9.47 Å². The number of methoxy groups -OCH3 is 1. The van der Waals surface area contributed by atoms with Crippen LogP contribution in [0.1, 0.15) is 34.8 Å². The average molecular weight is 305 g/mol. The van der Waals surface area contributed by atoms with Gasteiger partial charge in [0.15, 0.2) is 0 Å². The highest BCUT2D eigenvalue weighted by atomic mass is 32.1. The van der Waals surface area contributed by atoms with Crippen LogP contribution in [0.25, 0.3) is 0 Å². The molecule has 2 rings (SSSR count). The van der Waals surface area contributed by atoms with E-state index < -0.39 is 0 Å². The molecule has 0 radical (unpaired) electrons. The first kappa shape index (κ1) is 16.0. The van der Waals surface area contributed by atoms with Crippen molar-refractivity contribution in [3.8, 4) is 5.75 Å². The number of rotatable bonds is 7. The Morgan fingerprint density at radius 3 is 2.67 bits per heavy atom. The summed E-state index contributed by atoms with van der Waals surface area (Å²) in [5.41, 5.74) is 7.33. The fraction of sp³-hybridized carbons (Fsp3) is 0.412. The van der Waals surface area contributed by atoms with E-state index >= 15 is 0 Å². The second kappa shape index (κ2) is 7.59. The van der Waals surface area contributed by atoms with Crippen molar-refractivity contribution in [2.45, 2.75) is 39.0 Å². The van der Waals surface area contributed by atoms with Gasteiger partial charge in [0, 0.05) is 15.8 Å². The van der Waals surface area contributed by atoms with E-state index in [4.69, 9.17) is 15.2 Å². The van der Waals surface area contributed by atoms with Gasteiger partial charge in [-0.05, 0) is 43.2 Å². The molecule has 0 spiro atoms. The maximum absolute atomic E-state index is 6.24. The molecule has 2 N–H and O–H groups in total. The van der Waals surface area contributed by atoms with Gasteiger partial charge in [-0.25, -0.2) is 0 Å². The van der Waals surface area contributed by atoms with Crippen molar-refractivity contribution in [1.82, 2.24) is 0 Å². The Hall–Kier alpha value is -1.36. The van der Waals surface area contributed by atoms with Gasteiger partial charge in [0.2, 0.25) is 0 Å². The molecule has 21 heavy (non-hydrogen) atoms. The van der Waals surface area contributed by atoms with Crippen molar-refractivity contribution in [1.29, 1.82) is 0 Å². The fourth-order valence-electron chi connectivity index (χ4n) is 2.19. The Balaban J connectivity index is 2.08. The predicted octanol–water partition coefficient (Wildman–Crippen LogP) is 4.06. The lowest BCUT2D eigenvalue weighted by Crippen LogP contribution is -2.29. The summed E-state index contributed by atoms with van der Waals surface area (Å²) >= 11 is 1.75. The first-order valence-corrected chi connectivity index (χ1v) is 8.02. The summed E-state index contributed by atoms with van der Waals surface area (Å²) in [6, 6.07) is 12.2. The molecular weight excluding hydrogens is 282 g/mol. The standard InChI is InChI=1S/C17H23NO2S/c1-4-15(18)17(16-9-8-12(2)21-16)20-11-13-6-5-7-14(10-13)19-3/h5-10,15,17H,4,11,18H2,1-3H3. The van der Waals surface area contributed by atoms with Crippen molar-refractivity contribution in [2.75, 3.05) is 7.11 Å². The SMILES string of the molecule is CCC(N)C(OCc1cccc(OC)c1)c1ccc(C)s1. The van der Waals surface area contributed by atoms with Gasteiger partial charge in [0.25, 0.3) is 0 Å². The highest BCUT2D eigenvalue weighted by Crippen LogP contribution is 2.29. The Kier molecular flexibility index (Phi) is 5.79. The first-order chi connectivity index (χ1) is 10.1. The third-order valence-corrected chi connectivity index (χ3v) is 4.53. The van der Waals surface area contributed by atoms with Gasteiger partial charge >= 0.3 is 0 Å². The highest BCUT2D eigenvalue weighted by molar-refractivity contribution is 7.12. The van der Waals surface area contributed by atoms with Gasteiger partial charge < -0.3 is 15.2 Å². The van der Waals surface area contributed by atoms with Gasteiger partial charge in [-0.2, -0.15) is 0 Å². The molecule has 1 aromatic carbocycles. The van der Waals surface area contributed by atoms with E-state index in [1.54, 1.807) is 18.4 Å². The highest BCUT2D eigenvalue weighted by Gasteiger charge is 2.21. The first-order valence-electron chi connectivity index (χ1n) is 7.20. The third kappa shape index (κ3) is 4.30. The lowest BCUT2D eigenvalue weighted by molar-refractivity contribution is 0.0235. The Labute approximate surface area is 130 Å². The second-order valence-electron chi connectivity index (χ2n) is 5.10. The molecule has 0 aliphatic heterocycles. The molecule has 1 heterocycles. The number of nitrogens with two attached hydrogens (primary N) is 1. The minimum Gasteiger partial charge on any atom is -0.497 e. The molecule has 2 atom stereocenters. The zero-order valence-electron chi connectivity index (χ0n) is 12.8. The van der Waals surface area contributed by atoms with Crippen LogP contribution in [0.5, 0.6) is 5.75 Å². The van der Waals surface area contributed by atoms with E-state index in [0.29, 0.717) is 6.61 Å². The largest absolute Gasteiger partial charge is 0.497 e. The minimum atomic E-state index is -0.0556. The lowest BCUT2D eigenvalue weighted by atomic mass is 10.1. The molecule has 0 aliphatic rings. The van der Waals surface area contributed by atoms with Gasteiger partial charge in [-0.1, -0.05) is 19.1 Å². The number of benzene rings is 1. The maximum Gasteiger partial charge on any atom is 0.119 e. The molecule has 0 aliphatic carbocycles. The van der Waals surface area contributed by atoms with E-state index in [0.717, 1.165) is 17.7 Å². The van der Waals surface area contributed by atoms with Gasteiger partial charge in [0.1, 0.15) is 11.9 Å². The Morgan fingerprint density at radius 2 is 2.05 bits per heavy atom. The molecule has 3 nitrogen and oxygen atoms in total. The van der Waals surface area contributed by atoms with E-state index in [9.17, 15) is 0 Å². The van der Waals surface area contributed by atoms with Crippen LogP contribution in [-0.4, -0.2) is 13.2 Å². The number of ether oxygens (including phenoxy) is 2. The zero-order valence-corrected chi connectivity index (χ0v) is 13.7. The van der Waals surface area contributed by atoms with Crippen molar-refractivity contribution in [2.24, 2.45) is 5.73 Å².